The minimum absolute atomic E-state index is 0. The van der Waals surface area contributed by atoms with Gasteiger partial charge in [0.2, 0.25) is 6.33 Å². The van der Waals surface area contributed by atoms with Gasteiger partial charge in [0.1, 0.15) is 30.7 Å². The summed E-state index contributed by atoms with van der Waals surface area (Å²) in [7, 11) is 0. The van der Waals surface area contributed by atoms with Crippen molar-refractivity contribution in [1.29, 1.82) is 0 Å². The first kappa shape index (κ1) is 19.1. The average Bonchev–Trinajstić information content (AvgIpc) is 3.17. The van der Waals surface area contributed by atoms with E-state index in [1.165, 1.54) is 12.8 Å². The van der Waals surface area contributed by atoms with Gasteiger partial charge in [-0.05, 0) is 18.6 Å². The maximum absolute atomic E-state index is 4.16. The molecule has 0 atom stereocenters. The molecule has 0 spiro atoms. The predicted octanol–water partition coefficient (Wildman–Crippen LogP) is -0.232. The predicted molar refractivity (Wildman–Crippen MR) is 91.2 cm³/mol. The fourth-order valence-electron chi connectivity index (χ4n) is 2.16. The van der Waals surface area contributed by atoms with Crippen LogP contribution in [0.25, 0.3) is 11.4 Å². The maximum atomic E-state index is 4.16. The summed E-state index contributed by atoms with van der Waals surface area (Å²) in [4.78, 5) is 3.98. The number of hydrogen-bond acceptors (Lipinski definition) is 2. The van der Waals surface area contributed by atoms with Gasteiger partial charge in [-0.15, -0.1) is 24.0 Å². The first-order valence-corrected chi connectivity index (χ1v) is 6.89. The third-order valence-electron chi connectivity index (χ3n) is 3.27. The van der Waals surface area contributed by atoms with E-state index in [-0.39, 0.29) is 48.0 Å². The number of halogens is 2. The van der Waals surface area contributed by atoms with Gasteiger partial charge in [-0.2, -0.15) is 5.10 Å². The Morgan fingerprint density at radius 2 is 2.05 bits per heavy atom. The Morgan fingerprint density at radius 1 is 1.23 bits per heavy atom. The zero-order chi connectivity index (χ0) is 13.8. The molecule has 0 aliphatic rings. The van der Waals surface area contributed by atoms with Gasteiger partial charge in [0, 0.05) is 6.07 Å². The zero-order valence-corrected chi connectivity index (χ0v) is 16.8. The molecule has 0 aliphatic heterocycles. The van der Waals surface area contributed by atoms with Crippen LogP contribution in [0.1, 0.15) is 19.8 Å². The molecule has 7 heteroatoms. The Balaban J connectivity index is 0.00000121. The van der Waals surface area contributed by atoms with Crippen molar-refractivity contribution >= 4 is 24.0 Å². The molecule has 2 heterocycles. The summed E-state index contributed by atoms with van der Waals surface area (Å²) in [6.45, 7) is 3.27. The standard InChI is InChI=1S/C15H18N5.2HI/c1-2-3-7-18-8-9-19(13-18)14-5-4-6-15(10-14)20-12-16-11-17-20;;/h4-6,8-13H,2-3,7H2,1H3;2*1H/q+1;;/p-1. The quantitative estimate of drug-likeness (QED) is 0.343. The molecule has 2 aromatic heterocycles. The van der Waals surface area contributed by atoms with Crippen molar-refractivity contribution in [3.8, 4) is 11.4 Å². The van der Waals surface area contributed by atoms with Crippen LogP contribution < -0.4 is 28.5 Å². The highest BCUT2D eigenvalue weighted by atomic mass is 127. The van der Waals surface area contributed by atoms with E-state index < -0.39 is 0 Å². The van der Waals surface area contributed by atoms with Crippen LogP contribution in [0, 0.1) is 0 Å². The highest BCUT2D eigenvalue weighted by molar-refractivity contribution is 14.0. The number of benzene rings is 1. The first-order valence-electron chi connectivity index (χ1n) is 6.89. The number of aromatic nitrogens is 5. The number of unbranched alkanes of at least 4 members (excludes halogenated alkanes) is 1. The minimum atomic E-state index is 0. The molecule has 5 nitrogen and oxygen atoms in total. The second-order valence-corrected chi connectivity index (χ2v) is 4.77. The molecular formula is C15H19I2N5. The van der Waals surface area contributed by atoms with Crippen LogP contribution >= 0.6 is 24.0 Å². The molecule has 0 bridgehead atoms. The summed E-state index contributed by atoms with van der Waals surface area (Å²) in [5.74, 6) is 0. The third-order valence-corrected chi connectivity index (χ3v) is 3.27. The zero-order valence-electron chi connectivity index (χ0n) is 12.3. The molecular weight excluding hydrogens is 504 g/mol. The summed E-state index contributed by atoms with van der Waals surface area (Å²) in [5.41, 5.74) is 2.13. The summed E-state index contributed by atoms with van der Waals surface area (Å²) in [6, 6.07) is 8.24. The van der Waals surface area contributed by atoms with E-state index in [2.05, 4.69) is 57.0 Å². The lowest BCUT2D eigenvalue weighted by molar-refractivity contribution is -0.696. The summed E-state index contributed by atoms with van der Waals surface area (Å²) in [5, 5.41) is 4.16. The lowest BCUT2D eigenvalue weighted by atomic mass is 10.3. The highest BCUT2D eigenvalue weighted by Crippen LogP contribution is 2.12. The van der Waals surface area contributed by atoms with Crippen LogP contribution in [0.15, 0.2) is 55.6 Å². The Labute approximate surface area is 164 Å². The largest absolute Gasteiger partial charge is 1.00 e. The number of imidazole rings is 1. The van der Waals surface area contributed by atoms with Crippen molar-refractivity contribution in [2.45, 2.75) is 26.3 Å². The smallest absolute Gasteiger partial charge is 0.248 e. The fraction of sp³-hybridized carbons (Fsp3) is 0.267. The maximum Gasteiger partial charge on any atom is 0.248 e. The molecule has 0 N–H and O–H groups in total. The van der Waals surface area contributed by atoms with E-state index in [9.17, 15) is 0 Å². The summed E-state index contributed by atoms with van der Waals surface area (Å²) < 4.78 is 6.10. The van der Waals surface area contributed by atoms with Crippen molar-refractivity contribution in [1.82, 2.24) is 19.3 Å². The van der Waals surface area contributed by atoms with Gasteiger partial charge in [0.05, 0.1) is 12.2 Å². The van der Waals surface area contributed by atoms with Crippen LogP contribution in [0.4, 0.5) is 0 Å². The van der Waals surface area contributed by atoms with Crippen LogP contribution in [-0.2, 0) is 6.54 Å². The first-order chi connectivity index (χ1) is 9.86. The molecule has 0 unspecified atom stereocenters. The topological polar surface area (TPSA) is 39.5 Å². The van der Waals surface area contributed by atoms with E-state index in [0.29, 0.717) is 0 Å². The van der Waals surface area contributed by atoms with Gasteiger partial charge in [0.25, 0.3) is 0 Å². The van der Waals surface area contributed by atoms with Crippen molar-refractivity contribution in [3.63, 3.8) is 0 Å². The third kappa shape index (κ3) is 4.51. The van der Waals surface area contributed by atoms with Crippen LogP contribution in [0.3, 0.4) is 0 Å². The Hall–Kier alpha value is -0.970. The van der Waals surface area contributed by atoms with Gasteiger partial charge < -0.3 is 24.0 Å². The summed E-state index contributed by atoms with van der Waals surface area (Å²) >= 11 is 0. The average molecular weight is 523 g/mol. The second-order valence-electron chi connectivity index (χ2n) is 4.77. The molecule has 0 saturated carbocycles. The number of nitrogens with zero attached hydrogens (tertiary/aromatic N) is 5. The monoisotopic (exact) mass is 523 g/mol. The van der Waals surface area contributed by atoms with E-state index in [1.54, 1.807) is 17.3 Å². The van der Waals surface area contributed by atoms with Crippen LogP contribution in [0.5, 0.6) is 0 Å². The van der Waals surface area contributed by atoms with Crippen LogP contribution in [0.2, 0.25) is 0 Å². The Kier molecular flexibility index (Phi) is 8.01. The molecule has 0 saturated heterocycles. The fourth-order valence-corrected chi connectivity index (χ4v) is 2.16. The number of aryl methyl sites for hydroxylation is 1. The van der Waals surface area contributed by atoms with Crippen LogP contribution in [-0.4, -0.2) is 19.3 Å². The number of rotatable bonds is 5. The molecule has 1 aromatic carbocycles. The van der Waals surface area contributed by atoms with E-state index in [0.717, 1.165) is 17.9 Å². The number of hydrogen-bond donors (Lipinski definition) is 0. The van der Waals surface area contributed by atoms with Gasteiger partial charge in [0.15, 0.2) is 0 Å². The Bertz CT molecular complexity index is 679. The molecule has 118 valence electrons. The van der Waals surface area contributed by atoms with E-state index in [4.69, 9.17) is 0 Å². The minimum Gasteiger partial charge on any atom is -1.00 e. The molecule has 3 aromatic rings. The molecule has 3 rings (SSSR count). The molecule has 0 radical (unpaired) electrons. The van der Waals surface area contributed by atoms with Crippen molar-refractivity contribution in [3.05, 3.63) is 55.6 Å². The lowest BCUT2D eigenvalue weighted by Gasteiger charge is -2.01. The SMILES string of the molecule is CCCC[n+]1ccn(-c2cccc(-n3cncn3)c2)c1.I.[I-]. The Morgan fingerprint density at radius 3 is 2.77 bits per heavy atom. The highest BCUT2D eigenvalue weighted by Gasteiger charge is 2.07. The van der Waals surface area contributed by atoms with Crippen molar-refractivity contribution < 1.29 is 28.5 Å². The summed E-state index contributed by atoms with van der Waals surface area (Å²) in [6.07, 6.45) is 12.0. The van der Waals surface area contributed by atoms with Gasteiger partial charge in [-0.25, -0.2) is 18.8 Å². The normalized spacial score (nSPS) is 9.86. The van der Waals surface area contributed by atoms with Crippen molar-refractivity contribution in [2.24, 2.45) is 0 Å². The van der Waals surface area contributed by atoms with Gasteiger partial charge in [-0.1, -0.05) is 19.4 Å². The van der Waals surface area contributed by atoms with E-state index in [1.807, 2.05) is 12.1 Å². The van der Waals surface area contributed by atoms with Gasteiger partial charge >= 0.3 is 0 Å². The van der Waals surface area contributed by atoms with E-state index >= 15 is 0 Å². The second kappa shape index (κ2) is 9.23. The molecule has 22 heavy (non-hydrogen) atoms. The lowest BCUT2D eigenvalue weighted by Crippen LogP contribution is -3.00. The van der Waals surface area contributed by atoms with Gasteiger partial charge in [-0.3, -0.25) is 0 Å². The molecule has 0 amide bonds. The van der Waals surface area contributed by atoms with Crippen molar-refractivity contribution in [2.75, 3.05) is 0 Å². The molecule has 0 fully saturated rings. The molecule has 0 aliphatic carbocycles.